The van der Waals surface area contributed by atoms with Gasteiger partial charge in [-0.05, 0) is 86.2 Å². The number of nitrogens with zero attached hydrogens (tertiary/aromatic N) is 1. The van der Waals surface area contributed by atoms with Gasteiger partial charge in [0.1, 0.15) is 0 Å². The van der Waals surface area contributed by atoms with E-state index in [0.717, 1.165) is 35.2 Å². The van der Waals surface area contributed by atoms with Crippen molar-refractivity contribution in [1.82, 2.24) is 0 Å². The first-order valence-corrected chi connectivity index (χ1v) is 11.8. The van der Waals surface area contributed by atoms with Gasteiger partial charge in [0.2, 0.25) is 0 Å². The van der Waals surface area contributed by atoms with Gasteiger partial charge in [0.15, 0.2) is 0 Å². The smallest absolute Gasteiger partial charge is 0.262 e. The minimum Gasteiger partial charge on any atom is -0.308 e. The van der Waals surface area contributed by atoms with E-state index >= 15 is 0 Å². The molecule has 0 atom stereocenters. The van der Waals surface area contributed by atoms with Crippen LogP contribution >= 0.6 is 0 Å². The number of sulfonamides is 1. The van der Waals surface area contributed by atoms with Crippen LogP contribution in [0.3, 0.4) is 0 Å². The Morgan fingerprint density at radius 1 is 0.935 bits per heavy atom. The Labute approximate surface area is 183 Å². The summed E-state index contributed by atoms with van der Waals surface area (Å²) < 4.78 is 29.0. The van der Waals surface area contributed by atoms with Crippen LogP contribution in [-0.2, 0) is 16.4 Å². The molecule has 3 aromatic rings. The van der Waals surface area contributed by atoms with Crippen molar-refractivity contribution in [1.29, 1.82) is 0 Å². The molecule has 5 nitrogen and oxygen atoms in total. The van der Waals surface area contributed by atoms with E-state index in [1.54, 1.807) is 36.1 Å². The second-order valence-electron chi connectivity index (χ2n) is 8.15. The normalized spacial score (nSPS) is 13.6. The molecule has 1 amide bonds. The average molecular weight is 435 g/mol. The third-order valence-corrected chi connectivity index (χ3v) is 7.08. The third-order valence-electron chi connectivity index (χ3n) is 5.55. The maximum Gasteiger partial charge on any atom is 0.262 e. The highest BCUT2D eigenvalue weighted by Gasteiger charge is 2.25. The van der Waals surface area contributed by atoms with Gasteiger partial charge in [-0.15, -0.1) is 0 Å². The Balaban J connectivity index is 1.68. The van der Waals surface area contributed by atoms with Crippen molar-refractivity contribution in [3.8, 4) is 0 Å². The molecule has 6 heteroatoms. The second kappa shape index (κ2) is 8.19. The number of amides is 1. The van der Waals surface area contributed by atoms with Gasteiger partial charge in [-0.25, -0.2) is 8.42 Å². The van der Waals surface area contributed by atoms with Crippen molar-refractivity contribution in [3.63, 3.8) is 0 Å². The molecule has 1 aliphatic heterocycles. The number of carbonyl (C=O) groups is 1. The zero-order chi connectivity index (χ0) is 22.2. The number of carbonyl (C=O) groups excluding carboxylic acids is 1. The van der Waals surface area contributed by atoms with Crippen molar-refractivity contribution in [2.45, 2.75) is 38.5 Å². The van der Waals surface area contributed by atoms with E-state index in [4.69, 9.17) is 0 Å². The second-order valence-corrected chi connectivity index (χ2v) is 9.80. The molecule has 1 heterocycles. The molecular formula is C25H26N2O3S. The zero-order valence-electron chi connectivity index (χ0n) is 18.0. The number of hydrogen-bond acceptors (Lipinski definition) is 3. The van der Waals surface area contributed by atoms with Crippen LogP contribution in [0.1, 0.15) is 39.0 Å². The molecule has 0 aromatic heterocycles. The summed E-state index contributed by atoms with van der Waals surface area (Å²) in [4.78, 5) is 15.2. The topological polar surface area (TPSA) is 66.5 Å². The Morgan fingerprint density at radius 2 is 1.65 bits per heavy atom. The van der Waals surface area contributed by atoms with Crippen molar-refractivity contribution in [3.05, 3.63) is 88.5 Å². The third kappa shape index (κ3) is 4.35. The Morgan fingerprint density at radius 3 is 2.39 bits per heavy atom. The summed E-state index contributed by atoms with van der Waals surface area (Å²) in [5, 5.41) is 0. The van der Waals surface area contributed by atoms with Crippen molar-refractivity contribution in [2.24, 2.45) is 0 Å². The molecule has 0 spiro atoms. The predicted octanol–water partition coefficient (Wildman–Crippen LogP) is 5.01. The molecule has 0 fully saturated rings. The molecule has 0 saturated carbocycles. The van der Waals surface area contributed by atoms with Crippen LogP contribution in [0.25, 0.3) is 0 Å². The lowest BCUT2D eigenvalue weighted by atomic mass is 10.0. The highest BCUT2D eigenvalue weighted by atomic mass is 32.2. The predicted molar refractivity (Wildman–Crippen MR) is 124 cm³/mol. The summed E-state index contributed by atoms with van der Waals surface area (Å²) in [7, 11) is -3.85. The lowest BCUT2D eigenvalue weighted by Crippen LogP contribution is -2.35. The Kier molecular flexibility index (Phi) is 5.58. The van der Waals surface area contributed by atoms with E-state index in [1.807, 2.05) is 44.2 Å². The lowest BCUT2D eigenvalue weighted by molar-refractivity contribution is 0.0985. The van der Waals surface area contributed by atoms with E-state index < -0.39 is 10.0 Å². The van der Waals surface area contributed by atoms with Gasteiger partial charge in [-0.1, -0.05) is 30.3 Å². The monoisotopic (exact) mass is 434 g/mol. The van der Waals surface area contributed by atoms with E-state index in [1.165, 1.54) is 6.07 Å². The maximum atomic E-state index is 13.3. The van der Waals surface area contributed by atoms with Gasteiger partial charge >= 0.3 is 0 Å². The number of benzene rings is 3. The summed E-state index contributed by atoms with van der Waals surface area (Å²) in [6.45, 7) is 6.20. The van der Waals surface area contributed by atoms with Crippen molar-refractivity contribution in [2.75, 3.05) is 16.2 Å². The summed E-state index contributed by atoms with van der Waals surface area (Å²) >= 11 is 0. The number of nitrogens with one attached hydrogen (secondary N) is 1. The van der Waals surface area contributed by atoms with E-state index in [0.29, 0.717) is 23.4 Å². The molecule has 3 aromatic carbocycles. The van der Waals surface area contributed by atoms with Gasteiger partial charge in [0.05, 0.1) is 4.90 Å². The van der Waals surface area contributed by atoms with Crippen molar-refractivity contribution < 1.29 is 13.2 Å². The molecule has 160 valence electrons. The minimum atomic E-state index is -3.85. The Bertz CT molecular complexity index is 1250. The number of hydrogen-bond donors (Lipinski definition) is 1. The molecule has 0 radical (unpaired) electrons. The van der Waals surface area contributed by atoms with Crippen LogP contribution < -0.4 is 9.62 Å². The van der Waals surface area contributed by atoms with Crippen LogP contribution in [0.5, 0.6) is 0 Å². The van der Waals surface area contributed by atoms with E-state index in [2.05, 4.69) is 4.72 Å². The summed E-state index contributed by atoms with van der Waals surface area (Å²) in [6.07, 6.45) is 1.82. The molecule has 0 unspecified atom stereocenters. The maximum absolute atomic E-state index is 13.3. The minimum absolute atomic E-state index is 0.114. The lowest BCUT2D eigenvalue weighted by Gasteiger charge is -2.29. The van der Waals surface area contributed by atoms with E-state index in [9.17, 15) is 13.2 Å². The zero-order valence-corrected chi connectivity index (χ0v) is 18.8. The van der Waals surface area contributed by atoms with E-state index in [-0.39, 0.29) is 10.8 Å². The molecule has 4 rings (SSSR count). The van der Waals surface area contributed by atoms with Crippen LogP contribution in [0.4, 0.5) is 11.4 Å². The fourth-order valence-electron chi connectivity index (χ4n) is 4.17. The fraction of sp³-hybridized carbons (Fsp3) is 0.240. The SMILES string of the molecule is Cc1cc(C)cc(NS(=O)(=O)c2cc(C(=O)N3CCCc4ccccc43)ccc2C)c1. The summed E-state index contributed by atoms with van der Waals surface area (Å²) in [6, 6.07) is 18.3. The van der Waals surface area contributed by atoms with Gasteiger partial charge in [-0.3, -0.25) is 9.52 Å². The summed E-state index contributed by atoms with van der Waals surface area (Å²) in [5.41, 5.74) is 5.45. The molecular weight excluding hydrogens is 408 g/mol. The molecule has 0 aliphatic carbocycles. The van der Waals surface area contributed by atoms with Crippen molar-refractivity contribution >= 4 is 27.3 Å². The standard InChI is InChI=1S/C25H26N2O3S/c1-17-13-18(2)15-22(14-17)26-31(29,30)24-16-21(11-10-19(24)3)25(28)27-12-6-8-20-7-4-5-9-23(20)27/h4-5,7,9-11,13-16,26H,6,8,12H2,1-3H3. The molecule has 31 heavy (non-hydrogen) atoms. The number of para-hydroxylation sites is 1. The quantitative estimate of drug-likeness (QED) is 0.628. The Hall–Kier alpha value is -3.12. The average Bonchev–Trinajstić information content (AvgIpc) is 2.72. The van der Waals surface area contributed by atoms with Gasteiger partial charge in [-0.2, -0.15) is 0 Å². The number of rotatable bonds is 4. The number of aryl methyl sites for hydroxylation is 4. The largest absolute Gasteiger partial charge is 0.308 e. The van der Waals surface area contributed by atoms with Gasteiger partial charge < -0.3 is 4.90 Å². The molecule has 1 aliphatic rings. The summed E-state index contributed by atoms with van der Waals surface area (Å²) in [5.74, 6) is -0.185. The van der Waals surface area contributed by atoms with Gasteiger partial charge in [0.25, 0.3) is 15.9 Å². The van der Waals surface area contributed by atoms with Crippen LogP contribution in [0, 0.1) is 20.8 Å². The fourth-order valence-corrected chi connectivity index (χ4v) is 5.48. The number of fused-ring (bicyclic) bond motifs is 1. The van der Waals surface area contributed by atoms with Gasteiger partial charge in [0, 0.05) is 23.5 Å². The van der Waals surface area contributed by atoms with Crippen LogP contribution in [0.2, 0.25) is 0 Å². The molecule has 0 saturated heterocycles. The first-order valence-electron chi connectivity index (χ1n) is 10.4. The number of anilines is 2. The first-order chi connectivity index (χ1) is 14.7. The van der Waals surface area contributed by atoms with Crippen LogP contribution in [0.15, 0.2) is 65.6 Å². The van der Waals surface area contributed by atoms with Crippen LogP contribution in [-0.4, -0.2) is 20.9 Å². The molecule has 1 N–H and O–H groups in total. The highest BCUT2D eigenvalue weighted by Crippen LogP contribution is 2.29. The highest BCUT2D eigenvalue weighted by molar-refractivity contribution is 7.92. The first kappa shape index (κ1) is 21.1. The molecule has 0 bridgehead atoms.